The zero-order valence-corrected chi connectivity index (χ0v) is 10.0. The van der Waals surface area contributed by atoms with Gasteiger partial charge < -0.3 is 10.4 Å². The van der Waals surface area contributed by atoms with Gasteiger partial charge in [-0.15, -0.1) is 0 Å². The number of carbonyl (C=O) groups is 1. The SMILES string of the molecule is Cc1ccc(NC(=O)CN2CC[C@@H](O)C2)cc1. The third-order valence-electron chi connectivity index (χ3n) is 2.95. The van der Waals surface area contributed by atoms with E-state index in [2.05, 4.69) is 5.32 Å². The molecule has 0 unspecified atom stereocenters. The Bertz CT molecular complexity index is 389. The summed E-state index contributed by atoms with van der Waals surface area (Å²) in [7, 11) is 0. The van der Waals surface area contributed by atoms with Gasteiger partial charge in [-0.25, -0.2) is 0 Å². The lowest BCUT2D eigenvalue weighted by atomic mass is 10.2. The van der Waals surface area contributed by atoms with Crippen LogP contribution >= 0.6 is 0 Å². The number of aryl methyl sites for hydroxylation is 1. The van der Waals surface area contributed by atoms with E-state index in [0.717, 1.165) is 18.7 Å². The van der Waals surface area contributed by atoms with Crippen molar-refractivity contribution in [3.63, 3.8) is 0 Å². The van der Waals surface area contributed by atoms with Gasteiger partial charge in [-0.2, -0.15) is 0 Å². The highest BCUT2D eigenvalue weighted by atomic mass is 16.3. The molecular weight excluding hydrogens is 216 g/mol. The number of aliphatic hydroxyl groups excluding tert-OH is 1. The van der Waals surface area contributed by atoms with Crippen molar-refractivity contribution in [1.29, 1.82) is 0 Å². The number of hydrogen-bond acceptors (Lipinski definition) is 3. The molecule has 1 aromatic carbocycles. The number of likely N-dealkylation sites (tertiary alicyclic amines) is 1. The van der Waals surface area contributed by atoms with Crippen LogP contribution in [0.1, 0.15) is 12.0 Å². The highest BCUT2D eigenvalue weighted by Crippen LogP contribution is 2.10. The molecule has 4 heteroatoms. The Morgan fingerprint density at radius 2 is 2.18 bits per heavy atom. The fourth-order valence-electron chi connectivity index (χ4n) is 2.00. The Morgan fingerprint density at radius 3 is 2.76 bits per heavy atom. The molecule has 1 fully saturated rings. The summed E-state index contributed by atoms with van der Waals surface area (Å²) in [5.74, 6) is -0.0250. The van der Waals surface area contributed by atoms with Crippen molar-refractivity contribution in [3.8, 4) is 0 Å². The smallest absolute Gasteiger partial charge is 0.238 e. The van der Waals surface area contributed by atoms with E-state index in [1.165, 1.54) is 5.56 Å². The number of rotatable bonds is 3. The average molecular weight is 234 g/mol. The van der Waals surface area contributed by atoms with Crippen LogP contribution in [0.25, 0.3) is 0 Å². The van der Waals surface area contributed by atoms with E-state index in [1.54, 1.807) is 0 Å². The van der Waals surface area contributed by atoms with Crippen molar-refractivity contribution in [2.75, 3.05) is 25.0 Å². The van der Waals surface area contributed by atoms with Gasteiger partial charge in [0, 0.05) is 18.8 Å². The second-order valence-corrected chi connectivity index (χ2v) is 4.59. The van der Waals surface area contributed by atoms with Crippen molar-refractivity contribution in [1.82, 2.24) is 4.90 Å². The maximum absolute atomic E-state index is 11.7. The minimum absolute atomic E-state index is 0.0250. The first-order chi connectivity index (χ1) is 8.13. The maximum Gasteiger partial charge on any atom is 0.238 e. The van der Waals surface area contributed by atoms with Gasteiger partial charge in [0.1, 0.15) is 0 Å². The van der Waals surface area contributed by atoms with E-state index in [0.29, 0.717) is 13.1 Å². The van der Waals surface area contributed by atoms with Crippen molar-refractivity contribution >= 4 is 11.6 Å². The van der Waals surface area contributed by atoms with Gasteiger partial charge in [-0.3, -0.25) is 9.69 Å². The van der Waals surface area contributed by atoms with Crippen LogP contribution in [0.4, 0.5) is 5.69 Å². The third-order valence-corrected chi connectivity index (χ3v) is 2.95. The quantitative estimate of drug-likeness (QED) is 0.820. The number of nitrogens with one attached hydrogen (secondary N) is 1. The van der Waals surface area contributed by atoms with E-state index in [1.807, 2.05) is 36.1 Å². The minimum Gasteiger partial charge on any atom is -0.392 e. The standard InChI is InChI=1S/C13H18N2O2/c1-10-2-4-11(5-3-10)14-13(17)9-15-7-6-12(16)8-15/h2-5,12,16H,6-9H2,1H3,(H,14,17)/t12-/m1/s1. The number of benzene rings is 1. The van der Waals surface area contributed by atoms with E-state index in [9.17, 15) is 9.90 Å². The van der Waals surface area contributed by atoms with Crippen molar-refractivity contribution < 1.29 is 9.90 Å². The predicted octanol–water partition coefficient (Wildman–Crippen LogP) is 1.00. The summed E-state index contributed by atoms with van der Waals surface area (Å²) in [5, 5.41) is 12.2. The lowest BCUT2D eigenvalue weighted by Crippen LogP contribution is -2.32. The van der Waals surface area contributed by atoms with Gasteiger partial charge >= 0.3 is 0 Å². The molecule has 2 N–H and O–H groups in total. The number of hydrogen-bond donors (Lipinski definition) is 2. The van der Waals surface area contributed by atoms with E-state index >= 15 is 0 Å². The predicted molar refractivity (Wildman–Crippen MR) is 66.9 cm³/mol. The molecule has 0 bridgehead atoms. The van der Waals surface area contributed by atoms with Crippen molar-refractivity contribution in [3.05, 3.63) is 29.8 Å². The molecule has 2 rings (SSSR count). The molecule has 0 aromatic heterocycles. The Labute approximate surface area is 101 Å². The fraction of sp³-hybridized carbons (Fsp3) is 0.462. The Morgan fingerprint density at radius 1 is 1.47 bits per heavy atom. The number of anilines is 1. The molecule has 4 nitrogen and oxygen atoms in total. The van der Waals surface area contributed by atoms with Gasteiger partial charge in [-0.1, -0.05) is 17.7 Å². The Hall–Kier alpha value is -1.39. The number of β-amino-alcohol motifs (C(OH)–C–C–N with tert-alkyl or cyclic N) is 1. The molecule has 0 aliphatic carbocycles. The summed E-state index contributed by atoms with van der Waals surface area (Å²) < 4.78 is 0. The zero-order valence-electron chi connectivity index (χ0n) is 10.0. The summed E-state index contributed by atoms with van der Waals surface area (Å²) in [5.41, 5.74) is 1.99. The van der Waals surface area contributed by atoms with Crippen molar-refractivity contribution in [2.24, 2.45) is 0 Å². The van der Waals surface area contributed by atoms with Gasteiger partial charge in [0.25, 0.3) is 0 Å². The van der Waals surface area contributed by atoms with E-state index < -0.39 is 0 Å². The molecule has 1 heterocycles. The van der Waals surface area contributed by atoms with Crippen LogP contribution in [-0.2, 0) is 4.79 Å². The third kappa shape index (κ3) is 3.54. The zero-order chi connectivity index (χ0) is 12.3. The number of carbonyl (C=O) groups excluding carboxylic acids is 1. The van der Waals surface area contributed by atoms with Crippen molar-refractivity contribution in [2.45, 2.75) is 19.4 Å². The lowest BCUT2D eigenvalue weighted by Gasteiger charge is -2.14. The molecule has 1 aliphatic heterocycles. The van der Waals surface area contributed by atoms with Gasteiger partial charge in [0.2, 0.25) is 5.91 Å². The van der Waals surface area contributed by atoms with Crippen LogP contribution in [0.15, 0.2) is 24.3 Å². The molecular formula is C13H18N2O2. The van der Waals surface area contributed by atoms with Gasteiger partial charge in [0.05, 0.1) is 12.6 Å². The normalized spacial score (nSPS) is 20.5. The van der Waals surface area contributed by atoms with Crippen LogP contribution in [0.3, 0.4) is 0 Å². The number of amides is 1. The first-order valence-corrected chi connectivity index (χ1v) is 5.90. The molecule has 1 saturated heterocycles. The second kappa shape index (κ2) is 5.29. The summed E-state index contributed by atoms with van der Waals surface area (Å²) in [6, 6.07) is 7.72. The van der Waals surface area contributed by atoms with Crippen LogP contribution < -0.4 is 5.32 Å². The number of nitrogens with zero attached hydrogens (tertiary/aromatic N) is 1. The lowest BCUT2D eigenvalue weighted by molar-refractivity contribution is -0.117. The number of aliphatic hydroxyl groups is 1. The molecule has 1 aliphatic rings. The Kier molecular flexibility index (Phi) is 3.76. The first-order valence-electron chi connectivity index (χ1n) is 5.90. The molecule has 1 aromatic rings. The average Bonchev–Trinajstić information content (AvgIpc) is 2.67. The first kappa shape index (κ1) is 12.1. The monoisotopic (exact) mass is 234 g/mol. The largest absolute Gasteiger partial charge is 0.392 e. The maximum atomic E-state index is 11.7. The molecule has 1 atom stereocenters. The summed E-state index contributed by atoms with van der Waals surface area (Å²) in [6.07, 6.45) is 0.486. The Balaban J connectivity index is 1.83. The molecule has 0 radical (unpaired) electrons. The fourth-order valence-corrected chi connectivity index (χ4v) is 2.00. The molecule has 0 saturated carbocycles. The van der Waals surface area contributed by atoms with E-state index in [-0.39, 0.29) is 12.0 Å². The van der Waals surface area contributed by atoms with Crippen LogP contribution in [0, 0.1) is 6.92 Å². The summed E-state index contributed by atoms with van der Waals surface area (Å²) >= 11 is 0. The molecule has 17 heavy (non-hydrogen) atoms. The van der Waals surface area contributed by atoms with Gasteiger partial charge in [0.15, 0.2) is 0 Å². The van der Waals surface area contributed by atoms with Gasteiger partial charge in [-0.05, 0) is 25.5 Å². The minimum atomic E-state index is -0.276. The van der Waals surface area contributed by atoms with E-state index in [4.69, 9.17) is 0 Å². The highest BCUT2D eigenvalue weighted by Gasteiger charge is 2.21. The second-order valence-electron chi connectivity index (χ2n) is 4.59. The molecule has 1 amide bonds. The molecule has 0 spiro atoms. The van der Waals surface area contributed by atoms with Crippen LogP contribution in [0.5, 0.6) is 0 Å². The van der Waals surface area contributed by atoms with Crippen LogP contribution in [0.2, 0.25) is 0 Å². The summed E-state index contributed by atoms with van der Waals surface area (Å²) in [6.45, 7) is 3.76. The summed E-state index contributed by atoms with van der Waals surface area (Å²) in [4.78, 5) is 13.7. The topological polar surface area (TPSA) is 52.6 Å². The highest BCUT2D eigenvalue weighted by molar-refractivity contribution is 5.92. The van der Waals surface area contributed by atoms with Crippen LogP contribution in [-0.4, -0.2) is 41.7 Å². The molecule has 92 valence electrons.